The van der Waals surface area contributed by atoms with E-state index in [9.17, 15) is 5.11 Å². The van der Waals surface area contributed by atoms with Crippen LogP contribution in [0, 0.1) is 0 Å². The number of nitrogens with one attached hydrogen (secondary N) is 1. The molecule has 0 bridgehead atoms. The Labute approximate surface area is 103 Å². The Morgan fingerprint density at radius 2 is 2.24 bits per heavy atom. The molecule has 2 N–H and O–H groups in total. The topological polar surface area (TPSA) is 41.5 Å². The third kappa shape index (κ3) is 2.99. The number of fused-ring (bicyclic) bond motifs is 1. The van der Waals surface area contributed by atoms with Crippen molar-refractivity contribution in [1.29, 1.82) is 0 Å². The largest absolute Gasteiger partial charge is 0.493 e. The van der Waals surface area contributed by atoms with Crippen molar-refractivity contribution in [3.8, 4) is 5.75 Å². The minimum absolute atomic E-state index is 0.380. The first-order valence-corrected chi connectivity index (χ1v) is 6.34. The van der Waals surface area contributed by atoms with E-state index in [2.05, 4.69) is 25.2 Å². The molecular formula is C14H21NO2. The minimum atomic E-state index is -0.495. The Morgan fingerprint density at radius 3 is 3.00 bits per heavy atom. The standard InChI is InChI=1S/C14H21NO2/c1-10(2)15-9-13(16)12-7-3-5-11-6-4-8-17-14(11)12/h3,5,7,10,13,15-16H,4,6,8-9H2,1-2H3. The van der Waals surface area contributed by atoms with Gasteiger partial charge in [-0.05, 0) is 18.4 Å². The molecule has 3 nitrogen and oxygen atoms in total. The molecule has 1 aromatic rings. The summed E-state index contributed by atoms with van der Waals surface area (Å²) in [5, 5.41) is 13.4. The van der Waals surface area contributed by atoms with Crippen LogP contribution < -0.4 is 10.1 Å². The molecule has 0 aliphatic carbocycles. The van der Waals surface area contributed by atoms with Crippen molar-refractivity contribution in [2.75, 3.05) is 13.2 Å². The van der Waals surface area contributed by atoms with E-state index in [0.717, 1.165) is 30.8 Å². The molecule has 0 amide bonds. The van der Waals surface area contributed by atoms with E-state index in [4.69, 9.17) is 4.74 Å². The van der Waals surface area contributed by atoms with Crippen molar-refractivity contribution in [1.82, 2.24) is 5.32 Å². The highest BCUT2D eigenvalue weighted by Crippen LogP contribution is 2.32. The maximum Gasteiger partial charge on any atom is 0.128 e. The van der Waals surface area contributed by atoms with Crippen molar-refractivity contribution in [3.05, 3.63) is 29.3 Å². The van der Waals surface area contributed by atoms with Gasteiger partial charge in [-0.2, -0.15) is 0 Å². The van der Waals surface area contributed by atoms with Gasteiger partial charge in [-0.25, -0.2) is 0 Å². The van der Waals surface area contributed by atoms with Crippen molar-refractivity contribution < 1.29 is 9.84 Å². The molecule has 1 heterocycles. The molecule has 0 spiro atoms. The monoisotopic (exact) mass is 235 g/mol. The summed E-state index contributed by atoms with van der Waals surface area (Å²) in [6, 6.07) is 6.42. The lowest BCUT2D eigenvalue weighted by atomic mass is 9.99. The normalized spacial score (nSPS) is 16.5. The molecule has 1 aliphatic rings. The van der Waals surface area contributed by atoms with Crippen LogP contribution in [0.1, 0.15) is 37.5 Å². The summed E-state index contributed by atoms with van der Waals surface area (Å²) >= 11 is 0. The van der Waals surface area contributed by atoms with Crippen molar-refractivity contribution >= 4 is 0 Å². The molecule has 1 unspecified atom stereocenters. The number of aryl methyl sites for hydroxylation is 1. The SMILES string of the molecule is CC(C)NCC(O)c1cccc2c1OCCC2. The molecule has 3 heteroatoms. The summed E-state index contributed by atoms with van der Waals surface area (Å²) < 4.78 is 5.69. The van der Waals surface area contributed by atoms with Crippen LogP contribution in [-0.2, 0) is 6.42 Å². The maximum atomic E-state index is 10.2. The van der Waals surface area contributed by atoms with E-state index in [1.54, 1.807) is 0 Å². The Morgan fingerprint density at radius 1 is 1.41 bits per heavy atom. The van der Waals surface area contributed by atoms with Gasteiger partial charge in [-0.15, -0.1) is 0 Å². The summed E-state index contributed by atoms with van der Waals surface area (Å²) in [6.45, 7) is 5.47. The summed E-state index contributed by atoms with van der Waals surface area (Å²) in [5.41, 5.74) is 2.13. The first-order chi connectivity index (χ1) is 8.18. The molecule has 0 aromatic heterocycles. The number of hydrogen-bond acceptors (Lipinski definition) is 3. The molecular weight excluding hydrogens is 214 g/mol. The average Bonchev–Trinajstić information content (AvgIpc) is 2.35. The van der Waals surface area contributed by atoms with Crippen LogP contribution in [0.25, 0.3) is 0 Å². The van der Waals surface area contributed by atoms with Crippen LogP contribution in [0.4, 0.5) is 0 Å². The highest BCUT2D eigenvalue weighted by molar-refractivity contribution is 5.44. The van der Waals surface area contributed by atoms with E-state index in [-0.39, 0.29) is 0 Å². The molecule has 0 radical (unpaired) electrons. The van der Waals surface area contributed by atoms with Gasteiger partial charge >= 0.3 is 0 Å². The van der Waals surface area contributed by atoms with Crippen LogP contribution in [0.15, 0.2) is 18.2 Å². The predicted octanol–water partition coefficient (Wildman–Crippen LogP) is 2.04. The van der Waals surface area contributed by atoms with E-state index in [0.29, 0.717) is 12.6 Å². The molecule has 1 aromatic carbocycles. The number of para-hydroxylation sites is 1. The van der Waals surface area contributed by atoms with Gasteiger partial charge in [0.25, 0.3) is 0 Å². The smallest absolute Gasteiger partial charge is 0.128 e. The van der Waals surface area contributed by atoms with Gasteiger partial charge in [-0.1, -0.05) is 32.0 Å². The number of rotatable bonds is 4. The zero-order valence-corrected chi connectivity index (χ0v) is 10.6. The van der Waals surface area contributed by atoms with Crippen LogP contribution in [-0.4, -0.2) is 24.3 Å². The number of aliphatic hydroxyl groups excluding tert-OH is 1. The van der Waals surface area contributed by atoms with Gasteiger partial charge in [0.15, 0.2) is 0 Å². The van der Waals surface area contributed by atoms with E-state index < -0.39 is 6.10 Å². The number of hydrogen-bond donors (Lipinski definition) is 2. The fraction of sp³-hybridized carbons (Fsp3) is 0.571. The summed E-state index contributed by atoms with van der Waals surface area (Å²) in [5.74, 6) is 0.900. The molecule has 17 heavy (non-hydrogen) atoms. The summed E-state index contributed by atoms with van der Waals surface area (Å²) in [6.07, 6.45) is 1.62. The lowest BCUT2D eigenvalue weighted by Gasteiger charge is -2.23. The molecule has 2 rings (SSSR count). The average molecular weight is 235 g/mol. The highest BCUT2D eigenvalue weighted by atomic mass is 16.5. The third-order valence-corrected chi connectivity index (χ3v) is 3.04. The summed E-state index contributed by atoms with van der Waals surface area (Å²) in [7, 11) is 0. The van der Waals surface area contributed by atoms with Crippen LogP contribution in [0.5, 0.6) is 5.75 Å². The van der Waals surface area contributed by atoms with Crippen LogP contribution >= 0.6 is 0 Å². The van der Waals surface area contributed by atoms with Gasteiger partial charge in [-0.3, -0.25) is 0 Å². The van der Waals surface area contributed by atoms with Gasteiger partial charge < -0.3 is 15.2 Å². The lowest BCUT2D eigenvalue weighted by Crippen LogP contribution is -2.28. The van der Waals surface area contributed by atoms with Gasteiger partial charge in [0.1, 0.15) is 5.75 Å². The third-order valence-electron chi connectivity index (χ3n) is 3.04. The lowest BCUT2D eigenvalue weighted by molar-refractivity contribution is 0.163. The quantitative estimate of drug-likeness (QED) is 0.839. The Bertz CT molecular complexity index is 376. The van der Waals surface area contributed by atoms with Crippen molar-refractivity contribution in [2.24, 2.45) is 0 Å². The van der Waals surface area contributed by atoms with Crippen LogP contribution in [0.2, 0.25) is 0 Å². The second-order valence-corrected chi connectivity index (χ2v) is 4.87. The number of benzene rings is 1. The molecule has 1 atom stereocenters. The zero-order valence-electron chi connectivity index (χ0n) is 10.6. The number of ether oxygens (including phenoxy) is 1. The Balaban J connectivity index is 2.14. The molecule has 0 saturated carbocycles. The minimum Gasteiger partial charge on any atom is -0.493 e. The Hall–Kier alpha value is -1.06. The zero-order chi connectivity index (χ0) is 12.3. The summed E-state index contributed by atoms with van der Waals surface area (Å²) in [4.78, 5) is 0. The van der Waals surface area contributed by atoms with Gasteiger partial charge in [0, 0.05) is 18.2 Å². The first-order valence-electron chi connectivity index (χ1n) is 6.34. The second-order valence-electron chi connectivity index (χ2n) is 4.87. The van der Waals surface area contributed by atoms with Crippen molar-refractivity contribution in [2.45, 2.75) is 38.8 Å². The van der Waals surface area contributed by atoms with Crippen LogP contribution in [0.3, 0.4) is 0 Å². The second kappa shape index (κ2) is 5.52. The molecule has 0 fully saturated rings. The molecule has 0 saturated heterocycles. The van der Waals surface area contributed by atoms with Gasteiger partial charge in [0.05, 0.1) is 12.7 Å². The number of aliphatic hydroxyl groups is 1. The van der Waals surface area contributed by atoms with E-state index >= 15 is 0 Å². The van der Waals surface area contributed by atoms with Gasteiger partial charge in [0.2, 0.25) is 0 Å². The molecule has 94 valence electrons. The van der Waals surface area contributed by atoms with Crippen molar-refractivity contribution in [3.63, 3.8) is 0 Å². The van der Waals surface area contributed by atoms with E-state index in [1.807, 2.05) is 12.1 Å². The maximum absolute atomic E-state index is 10.2. The first kappa shape index (κ1) is 12.4. The van der Waals surface area contributed by atoms with E-state index in [1.165, 1.54) is 5.56 Å². The Kier molecular flexibility index (Phi) is 4.02. The molecule has 1 aliphatic heterocycles. The highest BCUT2D eigenvalue weighted by Gasteiger charge is 2.19. The fourth-order valence-corrected chi connectivity index (χ4v) is 2.13. The predicted molar refractivity (Wildman–Crippen MR) is 68.4 cm³/mol. The fourth-order valence-electron chi connectivity index (χ4n) is 2.13.